The lowest BCUT2D eigenvalue weighted by Gasteiger charge is -2.10. The summed E-state index contributed by atoms with van der Waals surface area (Å²) in [5.41, 5.74) is 3.87. The number of nitrogens with zero attached hydrogens (tertiary/aromatic N) is 2. The number of rotatable bonds is 5. The van der Waals surface area contributed by atoms with Crippen molar-refractivity contribution in [1.82, 2.24) is 9.97 Å². The molecule has 0 spiro atoms. The van der Waals surface area contributed by atoms with Gasteiger partial charge in [0.2, 0.25) is 0 Å². The van der Waals surface area contributed by atoms with Gasteiger partial charge >= 0.3 is 0 Å². The zero-order valence-corrected chi connectivity index (χ0v) is 13.1. The van der Waals surface area contributed by atoms with E-state index in [0.717, 1.165) is 16.9 Å². The van der Waals surface area contributed by atoms with Gasteiger partial charge in [0.1, 0.15) is 5.82 Å². The van der Waals surface area contributed by atoms with Gasteiger partial charge in [-0.1, -0.05) is 36.9 Å². The molecular weight excluding hydrogens is 304 g/mol. The molecule has 0 radical (unpaired) electrons. The average Bonchev–Trinajstić information content (AvgIpc) is 3.11. The minimum Gasteiger partial charge on any atom is -0.388 e. The molecule has 0 aliphatic carbocycles. The van der Waals surface area contributed by atoms with E-state index in [1.54, 1.807) is 19.3 Å². The highest BCUT2D eigenvalue weighted by Crippen LogP contribution is 2.31. The predicted octanol–water partition coefficient (Wildman–Crippen LogP) is 4.09. The molecule has 120 valence electrons. The third-order valence-electron chi connectivity index (χ3n) is 3.75. The molecule has 3 aromatic rings. The maximum atomic E-state index is 11.0. The Morgan fingerprint density at radius 2 is 2.00 bits per heavy atom. The first-order valence-corrected chi connectivity index (χ1v) is 7.36. The molecule has 0 fully saturated rings. The van der Waals surface area contributed by atoms with Crippen LogP contribution in [0.25, 0.3) is 16.8 Å². The molecular formula is C18H16N4O2. The fourth-order valence-electron chi connectivity index (χ4n) is 2.48. The van der Waals surface area contributed by atoms with Crippen molar-refractivity contribution in [2.45, 2.75) is 0 Å². The number of nitro benzene ring substituents is 1. The summed E-state index contributed by atoms with van der Waals surface area (Å²) >= 11 is 0. The molecule has 0 saturated heterocycles. The number of H-pyrrole nitrogens is 1. The first-order chi connectivity index (χ1) is 11.6. The molecule has 0 unspecified atom stereocenters. The monoisotopic (exact) mass is 320 g/mol. The van der Waals surface area contributed by atoms with Crippen molar-refractivity contribution < 1.29 is 4.92 Å². The minimum atomic E-state index is -0.423. The first kappa shape index (κ1) is 15.5. The molecule has 2 aromatic carbocycles. The van der Waals surface area contributed by atoms with Crippen LogP contribution in [-0.2, 0) is 0 Å². The van der Waals surface area contributed by atoms with Crippen molar-refractivity contribution in [3.8, 4) is 11.3 Å². The van der Waals surface area contributed by atoms with E-state index in [4.69, 9.17) is 0 Å². The van der Waals surface area contributed by atoms with Gasteiger partial charge in [-0.15, -0.1) is 0 Å². The van der Waals surface area contributed by atoms with Gasteiger partial charge < -0.3 is 10.3 Å². The van der Waals surface area contributed by atoms with E-state index < -0.39 is 4.92 Å². The Bertz CT molecular complexity index is 900. The maximum absolute atomic E-state index is 11.0. The summed E-state index contributed by atoms with van der Waals surface area (Å²) in [5, 5.41) is 14.1. The summed E-state index contributed by atoms with van der Waals surface area (Å²) < 4.78 is 0. The summed E-state index contributed by atoms with van der Waals surface area (Å²) in [7, 11) is 1.76. The number of benzene rings is 2. The van der Waals surface area contributed by atoms with Crippen molar-refractivity contribution in [2.24, 2.45) is 0 Å². The molecule has 3 rings (SSSR count). The van der Waals surface area contributed by atoms with Gasteiger partial charge in [-0.05, 0) is 11.6 Å². The van der Waals surface area contributed by atoms with Gasteiger partial charge in [-0.25, -0.2) is 4.98 Å². The van der Waals surface area contributed by atoms with E-state index in [1.807, 2.05) is 30.3 Å². The Kier molecular flexibility index (Phi) is 4.11. The highest BCUT2D eigenvalue weighted by Gasteiger charge is 2.15. The lowest BCUT2D eigenvalue weighted by molar-refractivity contribution is -0.384. The van der Waals surface area contributed by atoms with Crippen LogP contribution in [0.5, 0.6) is 0 Å². The number of imidazole rings is 1. The van der Waals surface area contributed by atoms with Gasteiger partial charge in [0, 0.05) is 36.0 Å². The highest BCUT2D eigenvalue weighted by molar-refractivity contribution is 5.84. The zero-order valence-electron chi connectivity index (χ0n) is 13.1. The maximum Gasteiger partial charge on any atom is 0.270 e. The second-order valence-corrected chi connectivity index (χ2v) is 5.23. The van der Waals surface area contributed by atoms with E-state index in [-0.39, 0.29) is 5.69 Å². The summed E-state index contributed by atoms with van der Waals surface area (Å²) in [5.74, 6) is 0.575. The standard InChI is InChI=1S/C18H16N4O2/c1-12(15-10-14(22(23)24)8-9-16(15)19-2)18-20-11-17(21-18)13-6-4-3-5-7-13/h3-11,19H,1H2,2H3,(H,20,21). The van der Waals surface area contributed by atoms with Crippen LogP contribution < -0.4 is 5.32 Å². The molecule has 0 aliphatic rings. The molecule has 0 saturated carbocycles. The average molecular weight is 320 g/mol. The lowest BCUT2D eigenvalue weighted by Crippen LogP contribution is -1.99. The normalized spacial score (nSPS) is 10.4. The molecule has 0 atom stereocenters. The van der Waals surface area contributed by atoms with Crippen molar-refractivity contribution in [3.05, 3.63) is 82.8 Å². The largest absolute Gasteiger partial charge is 0.388 e. The molecule has 2 N–H and O–H groups in total. The Morgan fingerprint density at radius 1 is 1.25 bits per heavy atom. The van der Waals surface area contributed by atoms with E-state index in [2.05, 4.69) is 21.9 Å². The summed E-state index contributed by atoms with van der Waals surface area (Å²) in [6.07, 6.45) is 1.73. The smallest absolute Gasteiger partial charge is 0.270 e. The SMILES string of the molecule is C=C(c1ncc(-c2ccccc2)[nH]1)c1cc([N+](=O)[O-])ccc1NC. The summed E-state index contributed by atoms with van der Waals surface area (Å²) in [6.45, 7) is 4.05. The van der Waals surface area contributed by atoms with E-state index >= 15 is 0 Å². The van der Waals surface area contributed by atoms with E-state index in [9.17, 15) is 10.1 Å². The van der Waals surface area contributed by atoms with Crippen molar-refractivity contribution >= 4 is 16.9 Å². The second-order valence-electron chi connectivity index (χ2n) is 5.23. The number of hydrogen-bond donors (Lipinski definition) is 2. The van der Waals surface area contributed by atoms with Crippen molar-refractivity contribution in [1.29, 1.82) is 0 Å². The van der Waals surface area contributed by atoms with Crippen LogP contribution >= 0.6 is 0 Å². The number of non-ortho nitro benzene ring substituents is 1. The Hall–Kier alpha value is -3.41. The molecule has 0 bridgehead atoms. The summed E-state index contributed by atoms with van der Waals surface area (Å²) in [6, 6.07) is 14.4. The van der Waals surface area contributed by atoms with Crippen LogP contribution in [0.15, 0.2) is 61.3 Å². The van der Waals surface area contributed by atoms with Crippen molar-refractivity contribution in [2.75, 3.05) is 12.4 Å². The van der Waals surface area contributed by atoms with Crippen LogP contribution in [0.1, 0.15) is 11.4 Å². The van der Waals surface area contributed by atoms with Gasteiger partial charge in [-0.3, -0.25) is 10.1 Å². The Labute approximate surface area is 139 Å². The number of aromatic nitrogens is 2. The quantitative estimate of drug-likeness (QED) is 0.548. The molecule has 6 heteroatoms. The van der Waals surface area contributed by atoms with Gasteiger partial charge in [0.15, 0.2) is 0 Å². The molecule has 1 aromatic heterocycles. The van der Waals surface area contributed by atoms with Crippen LogP contribution in [0.3, 0.4) is 0 Å². The topological polar surface area (TPSA) is 83.8 Å². The zero-order chi connectivity index (χ0) is 17.1. The Morgan fingerprint density at radius 3 is 2.67 bits per heavy atom. The van der Waals surface area contributed by atoms with Crippen molar-refractivity contribution in [3.63, 3.8) is 0 Å². The highest BCUT2D eigenvalue weighted by atomic mass is 16.6. The predicted molar refractivity (Wildman–Crippen MR) is 94.8 cm³/mol. The lowest BCUT2D eigenvalue weighted by atomic mass is 10.0. The molecule has 0 amide bonds. The van der Waals surface area contributed by atoms with Crippen LogP contribution in [-0.4, -0.2) is 21.9 Å². The molecule has 24 heavy (non-hydrogen) atoms. The molecule has 6 nitrogen and oxygen atoms in total. The fraction of sp³-hybridized carbons (Fsp3) is 0.0556. The number of aromatic amines is 1. The molecule has 1 heterocycles. The van der Waals surface area contributed by atoms with E-state index in [1.165, 1.54) is 12.1 Å². The van der Waals surface area contributed by atoms with Gasteiger partial charge in [0.25, 0.3) is 5.69 Å². The fourth-order valence-corrected chi connectivity index (χ4v) is 2.48. The number of hydrogen-bond acceptors (Lipinski definition) is 4. The van der Waals surface area contributed by atoms with Crippen LogP contribution in [0, 0.1) is 10.1 Å². The van der Waals surface area contributed by atoms with Gasteiger partial charge in [0.05, 0.1) is 16.8 Å². The number of nitrogens with one attached hydrogen (secondary N) is 2. The van der Waals surface area contributed by atoms with E-state index in [0.29, 0.717) is 17.0 Å². The Balaban J connectivity index is 1.99. The molecule has 0 aliphatic heterocycles. The first-order valence-electron chi connectivity index (χ1n) is 7.36. The van der Waals surface area contributed by atoms with Gasteiger partial charge in [-0.2, -0.15) is 0 Å². The third kappa shape index (κ3) is 2.89. The number of nitro groups is 1. The summed E-state index contributed by atoms with van der Waals surface area (Å²) in [4.78, 5) is 18.2. The third-order valence-corrected chi connectivity index (χ3v) is 3.75. The van der Waals surface area contributed by atoms with Crippen LogP contribution in [0.2, 0.25) is 0 Å². The minimum absolute atomic E-state index is 0.0139. The second kappa shape index (κ2) is 6.37. The van der Waals surface area contributed by atoms with Crippen LogP contribution in [0.4, 0.5) is 11.4 Å². The number of anilines is 1.